The Morgan fingerprint density at radius 2 is 2.44 bits per heavy atom. The van der Waals surface area contributed by atoms with Gasteiger partial charge in [-0.3, -0.25) is 9.48 Å². The first kappa shape index (κ1) is 10.7. The first-order valence-electron chi connectivity index (χ1n) is 4.69. The molecule has 0 aromatic carbocycles. The third-order valence-corrected chi connectivity index (χ3v) is 2.64. The fraction of sp³-hybridized carbons (Fsp3) is 0.333. The maximum Gasteiger partial charge on any atom is 0.235 e. The van der Waals surface area contributed by atoms with Gasteiger partial charge in [0.25, 0.3) is 0 Å². The summed E-state index contributed by atoms with van der Waals surface area (Å²) in [6, 6.07) is 0. The van der Waals surface area contributed by atoms with Crippen molar-refractivity contribution in [2.75, 3.05) is 7.11 Å². The molecule has 7 heteroatoms. The van der Waals surface area contributed by atoms with E-state index in [0.717, 1.165) is 11.5 Å². The van der Waals surface area contributed by atoms with Gasteiger partial charge < -0.3 is 4.74 Å². The molecule has 2 rings (SSSR count). The molecule has 2 heterocycles. The van der Waals surface area contributed by atoms with E-state index in [9.17, 15) is 4.79 Å². The van der Waals surface area contributed by atoms with E-state index in [1.165, 1.54) is 13.3 Å². The van der Waals surface area contributed by atoms with Crippen molar-refractivity contribution in [2.24, 2.45) is 0 Å². The van der Waals surface area contributed by atoms with Gasteiger partial charge in [0.15, 0.2) is 11.4 Å². The second-order valence-corrected chi connectivity index (χ2v) is 3.61. The molecule has 16 heavy (non-hydrogen) atoms. The number of nitrogens with zero attached hydrogens (tertiary/aromatic N) is 4. The average molecular weight is 238 g/mol. The largest absolute Gasteiger partial charge is 0.493 e. The van der Waals surface area contributed by atoms with Crippen molar-refractivity contribution in [3.8, 4) is 5.75 Å². The van der Waals surface area contributed by atoms with Crippen LogP contribution in [0.2, 0.25) is 0 Å². The van der Waals surface area contributed by atoms with E-state index in [1.807, 2.05) is 6.92 Å². The molecule has 0 amide bonds. The van der Waals surface area contributed by atoms with Crippen LogP contribution in [0.5, 0.6) is 5.75 Å². The third kappa shape index (κ3) is 1.69. The number of aromatic nitrogens is 4. The van der Waals surface area contributed by atoms with Crippen LogP contribution in [0.15, 0.2) is 11.6 Å². The highest BCUT2D eigenvalue weighted by Crippen LogP contribution is 2.20. The van der Waals surface area contributed by atoms with E-state index < -0.39 is 0 Å². The number of hydrogen-bond donors (Lipinski definition) is 0. The lowest BCUT2D eigenvalue weighted by Crippen LogP contribution is -2.12. The standard InChI is InChI=1S/C9H10N4O2S/c1-3-13-8(7(15-2)4-10-13)9(14)6-5-16-12-11-6/h4-5H,3H2,1-2H3. The zero-order valence-corrected chi connectivity index (χ0v) is 9.69. The molecule has 0 radical (unpaired) electrons. The number of rotatable bonds is 4. The molecule has 0 atom stereocenters. The zero-order valence-electron chi connectivity index (χ0n) is 8.88. The molecule has 0 N–H and O–H groups in total. The molecular formula is C9H10N4O2S. The summed E-state index contributed by atoms with van der Waals surface area (Å²) in [6.07, 6.45) is 1.52. The summed E-state index contributed by atoms with van der Waals surface area (Å²) in [5, 5.41) is 9.41. The van der Waals surface area contributed by atoms with E-state index in [0.29, 0.717) is 23.7 Å². The molecule has 0 saturated heterocycles. The van der Waals surface area contributed by atoms with Crippen LogP contribution < -0.4 is 4.74 Å². The summed E-state index contributed by atoms with van der Waals surface area (Å²) < 4.78 is 10.3. The summed E-state index contributed by atoms with van der Waals surface area (Å²) in [5.74, 6) is 0.241. The summed E-state index contributed by atoms with van der Waals surface area (Å²) in [5.41, 5.74) is 0.733. The van der Waals surface area contributed by atoms with Crippen LogP contribution in [0.3, 0.4) is 0 Å². The predicted molar refractivity (Wildman–Crippen MR) is 57.8 cm³/mol. The van der Waals surface area contributed by atoms with Crippen LogP contribution >= 0.6 is 11.5 Å². The monoisotopic (exact) mass is 238 g/mol. The molecule has 2 aromatic rings. The van der Waals surface area contributed by atoms with Gasteiger partial charge >= 0.3 is 0 Å². The number of ether oxygens (including phenoxy) is 1. The van der Waals surface area contributed by atoms with E-state index in [-0.39, 0.29) is 5.78 Å². The van der Waals surface area contributed by atoms with Gasteiger partial charge in [-0.15, -0.1) is 5.10 Å². The zero-order chi connectivity index (χ0) is 11.5. The predicted octanol–water partition coefficient (Wildman–Crippen LogP) is 0.994. The van der Waals surface area contributed by atoms with Crippen molar-refractivity contribution in [3.63, 3.8) is 0 Å². The van der Waals surface area contributed by atoms with Crippen LogP contribution in [-0.2, 0) is 6.54 Å². The first-order valence-corrected chi connectivity index (χ1v) is 5.53. The van der Waals surface area contributed by atoms with Crippen molar-refractivity contribution < 1.29 is 9.53 Å². The topological polar surface area (TPSA) is 69.9 Å². The summed E-state index contributed by atoms with van der Waals surface area (Å²) in [7, 11) is 1.51. The van der Waals surface area contributed by atoms with Gasteiger partial charge in [-0.1, -0.05) is 4.49 Å². The summed E-state index contributed by atoms with van der Waals surface area (Å²) >= 11 is 1.14. The lowest BCUT2D eigenvalue weighted by molar-refractivity contribution is 0.102. The maximum absolute atomic E-state index is 12.1. The minimum absolute atomic E-state index is 0.218. The van der Waals surface area contributed by atoms with Gasteiger partial charge in [-0.05, 0) is 18.5 Å². The highest BCUT2D eigenvalue weighted by molar-refractivity contribution is 7.03. The fourth-order valence-corrected chi connectivity index (χ4v) is 1.81. The molecular weight excluding hydrogens is 228 g/mol. The molecule has 0 aliphatic carbocycles. The Morgan fingerprint density at radius 1 is 1.62 bits per heavy atom. The van der Waals surface area contributed by atoms with Crippen molar-refractivity contribution >= 4 is 17.3 Å². The van der Waals surface area contributed by atoms with Crippen molar-refractivity contribution in [3.05, 3.63) is 23.0 Å². The molecule has 0 fully saturated rings. The van der Waals surface area contributed by atoms with E-state index in [1.54, 1.807) is 10.1 Å². The van der Waals surface area contributed by atoms with Gasteiger partial charge in [0.2, 0.25) is 5.78 Å². The normalized spacial score (nSPS) is 10.4. The second-order valence-electron chi connectivity index (χ2n) is 3.00. The minimum atomic E-state index is -0.218. The van der Waals surface area contributed by atoms with Gasteiger partial charge in [0.1, 0.15) is 5.69 Å². The summed E-state index contributed by atoms with van der Waals surface area (Å²) in [6.45, 7) is 2.50. The lowest BCUT2D eigenvalue weighted by atomic mass is 10.2. The van der Waals surface area contributed by atoms with Crippen molar-refractivity contribution in [1.82, 2.24) is 19.4 Å². The van der Waals surface area contributed by atoms with Gasteiger partial charge in [0.05, 0.1) is 13.3 Å². The Labute approximate surface area is 96.0 Å². The smallest absolute Gasteiger partial charge is 0.235 e. The van der Waals surface area contributed by atoms with Crippen molar-refractivity contribution in [1.29, 1.82) is 0 Å². The number of methoxy groups -OCH3 is 1. The Morgan fingerprint density at radius 3 is 3.00 bits per heavy atom. The Balaban J connectivity index is 2.46. The maximum atomic E-state index is 12.1. The van der Waals surface area contributed by atoms with Gasteiger partial charge in [-0.25, -0.2) is 0 Å². The Bertz CT molecular complexity index is 470. The summed E-state index contributed by atoms with van der Waals surface area (Å²) in [4.78, 5) is 12.1. The van der Waals surface area contributed by atoms with E-state index in [2.05, 4.69) is 14.7 Å². The average Bonchev–Trinajstić information content (AvgIpc) is 2.96. The molecule has 0 aliphatic rings. The number of hydrogen-bond acceptors (Lipinski definition) is 6. The quantitative estimate of drug-likeness (QED) is 0.743. The van der Waals surface area contributed by atoms with Gasteiger partial charge in [-0.2, -0.15) is 5.10 Å². The SMILES string of the molecule is CCn1ncc(OC)c1C(=O)c1csnn1. The van der Waals surface area contributed by atoms with E-state index >= 15 is 0 Å². The highest BCUT2D eigenvalue weighted by Gasteiger charge is 2.22. The molecule has 0 saturated carbocycles. The van der Waals surface area contributed by atoms with Gasteiger partial charge in [0, 0.05) is 11.9 Å². The Kier molecular flexibility index (Phi) is 2.95. The van der Waals surface area contributed by atoms with Crippen LogP contribution in [0.4, 0.5) is 0 Å². The Hall–Kier alpha value is -1.76. The molecule has 6 nitrogen and oxygen atoms in total. The number of carbonyl (C=O) groups excluding carboxylic acids is 1. The molecule has 0 unspecified atom stereocenters. The number of ketones is 1. The minimum Gasteiger partial charge on any atom is -0.493 e. The molecule has 0 aliphatic heterocycles. The first-order chi connectivity index (χ1) is 7.77. The lowest BCUT2D eigenvalue weighted by Gasteiger charge is -2.03. The van der Waals surface area contributed by atoms with Crippen molar-refractivity contribution in [2.45, 2.75) is 13.5 Å². The van der Waals surface area contributed by atoms with Crippen LogP contribution in [0, 0.1) is 0 Å². The molecule has 2 aromatic heterocycles. The number of aryl methyl sites for hydroxylation is 1. The fourth-order valence-electron chi connectivity index (χ4n) is 1.37. The third-order valence-electron chi connectivity index (χ3n) is 2.13. The second kappa shape index (κ2) is 4.40. The van der Waals surface area contributed by atoms with Crippen LogP contribution in [-0.4, -0.2) is 32.3 Å². The molecule has 0 spiro atoms. The van der Waals surface area contributed by atoms with Crippen LogP contribution in [0.25, 0.3) is 0 Å². The van der Waals surface area contributed by atoms with Crippen LogP contribution in [0.1, 0.15) is 23.1 Å². The number of carbonyl (C=O) groups is 1. The van der Waals surface area contributed by atoms with E-state index in [4.69, 9.17) is 4.74 Å². The molecule has 84 valence electrons. The highest BCUT2D eigenvalue weighted by atomic mass is 32.1. The molecule has 0 bridgehead atoms.